The Balaban J connectivity index is 4.50. The number of esters is 2. The van der Waals surface area contributed by atoms with Gasteiger partial charge in [0.2, 0.25) is 0 Å². The highest BCUT2D eigenvalue weighted by molar-refractivity contribution is 7.45. The maximum atomic E-state index is 12.6. The molecule has 0 amide bonds. The van der Waals surface area contributed by atoms with Crippen molar-refractivity contribution in [2.45, 2.75) is 174 Å². The second-order valence-electron chi connectivity index (χ2n) is 15.9. The number of ether oxygens (including phenoxy) is 2. The number of aliphatic hydroxyl groups is 1. The Morgan fingerprint density at radius 2 is 1.14 bits per heavy atom. The summed E-state index contributed by atoms with van der Waals surface area (Å²) in [7, 11) is 1.09. The van der Waals surface area contributed by atoms with Crippen LogP contribution in [0.1, 0.15) is 162 Å². The molecule has 0 bridgehead atoms. The zero-order valence-electron chi connectivity index (χ0n) is 36.6. The normalized spacial score (nSPS) is 14.7. The molecule has 1 N–H and O–H groups in total. The quantitative estimate of drug-likeness (QED) is 0.0212. The first-order chi connectivity index (χ1) is 27.4. The van der Waals surface area contributed by atoms with Crippen LogP contribution in [0.25, 0.3) is 0 Å². The van der Waals surface area contributed by atoms with Crippen LogP contribution in [0.15, 0.2) is 60.8 Å². The van der Waals surface area contributed by atoms with Crippen LogP contribution in [0.5, 0.6) is 0 Å². The summed E-state index contributed by atoms with van der Waals surface area (Å²) < 4.78 is 33.8. The number of hydrogen-bond donors (Lipinski definition) is 1. The van der Waals surface area contributed by atoms with Crippen molar-refractivity contribution < 1.29 is 47.2 Å². The van der Waals surface area contributed by atoms with Crippen LogP contribution in [0.2, 0.25) is 0 Å². The van der Waals surface area contributed by atoms with E-state index in [1.165, 1.54) is 44.9 Å². The van der Waals surface area contributed by atoms with Crippen molar-refractivity contribution in [3.05, 3.63) is 60.8 Å². The highest BCUT2D eigenvalue weighted by Gasteiger charge is 2.21. The number of nitrogens with zero attached hydrogens (tertiary/aromatic N) is 1. The van der Waals surface area contributed by atoms with Crippen molar-refractivity contribution in [2.24, 2.45) is 0 Å². The van der Waals surface area contributed by atoms with Crippen molar-refractivity contribution in [3.63, 3.8) is 0 Å². The molecule has 0 saturated heterocycles. The van der Waals surface area contributed by atoms with Gasteiger partial charge in [0.05, 0.1) is 33.9 Å². The number of likely N-dealkylation sites (N-methyl/N-ethyl adjacent to an activating group) is 1. The Labute approximate surface area is 348 Å². The topological polar surface area (TPSA) is 131 Å². The third-order valence-electron chi connectivity index (χ3n) is 9.07. The second kappa shape index (κ2) is 37.9. The highest BCUT2D eigenvalue weighted by atomic mass is 31.2. The molecule has 330 valence electrons. The minimum Gasteiger partial charge on any atom is -0.756 e. The summed E-state index contributed by atoms with van der Waals surface area (Å²) >= 11 is 0. The first-order valence-electron chi connectivity index (χ1n) is 22.1. The molecule has 0 aliphatic heterocycles. The lowest BCUT2D eigenvalue weighted by Gasteiger charge is -2.28. The molecule has 0 aliphatic carbocycles. The average Bonchev–Trinajstić information content (AvgIpc) is 3.15. The van der Waals surface area contributed by atoms with Gasteiger partial charge in [0.15, 0.2) is 6.10 Å². The summed E-state index contributed by atoms with van der Waals surface area (Å²) in [5.74, 6) is -0.934. The zero-order chi connectivity index (χ0) is 42.3. The van der Waals surface area contributed by atoms with Gasteiger partial charge in [-0.3, -0.25) is 14.2 Å². The summed E-state index contributed by atoms with van der Waals surface area (Å²) in [6, 6.07) is 0. The van der Waals surface area contributed by atoms with E-state index in [0.29, 0.717) is 36.7 Å². The van der Waals surface area contributed by atoms with Crippen LogP contribution in [0.4, 0.5) is 0 Å². The predicted molar refractivity (Wildman–Crippen MR) is 232 cm³/mol. The van der Waals surface area contributed by atoms with E-state index in [-0.39, 0.29) is 32.2 Å². The molecule has 0 aromatic rings. The van der Waals surface area contributed by atoms with Gasteiger partial charge in [0.25, 0.3) is 7.82 Å². The molecule has 0 aromatic carbocycles. The average molecular weight is 824 g/mol. The van der Waals surface area contributed by atoms with E-state index in [2.05, 4.69) is 56.4 Å². The number of allylic oxidation sites excluding steroid dienone is 9. The molecule has 0 aromatic heterocycles. The van der Waals surface area contributed by atoms with Crippen molar-refractivity contribution in [1.29, 1.82) is 0 Å². The molecule has 0 aliphatic rings. The number of aliphatic hydroxyl groups excluding tert-OH is 1. The van der Waals surface area contributed by atoms with Crippen molar-refractivity contribution in [3.8, 4) is 0 Å². The van der Waals surface area contributed by atoms with Crippen molar-refractivity contribution >= 4 is 19.8 Å². The Bertz CT molecular complexity index is 1170. The fraction of sp³-hybridized carbons (Fsp3) is 0.739. The minimum atomic E-state index is -4.65. The van der Waals surface area contributed by atoms with Crippen LogP contribution in [-0.2, 0) is 32.7 Å². The van der Waals surface area contributed by atoms with Gasteiger partial charge in [-0.1, -0.05) is 132 Å². The van der Waals surface area contributed by atoms with Crippen LogP contribution in [0.3, 0.4) is 0 Å². The lowest BCUT2D eigenvalue weighted by atomic mass is 10.1. The number of hydrogen-bond acceptors (Lipinski definition) is 9. The molecule has 11 heteroatoms. The summed E-state index contributed by atoms with van der Waals surface area (Å²) in [6.45, 7) is 3.92. The van der Waals surface area contributed by atoms with E-state index < -0.39 is 32.5 Å². The molecular weight excluding hydrogens is 741 g/mol. The summed E-state index contributed by atoms with van der Waals surface area (Å²) in [5, 5.41) is 9.74. The minimum absolute atomic E-state index is 0.0514. The predicted octanol–water partition coefficient (Wildman–Crippen LogP) is 10.8. The number of phosphoric ester groups is 1. The fourth-order valence-electron chi connectivity index (χ4n) is 5.60. The second-order valence-corrected chi connectivity index (χ2v) is 17.3. The Hall–Kier alpha value is -2.33. The van der Waals surface area contributed by atoms with E-state index in [1.807, 2.05) is 39.4 Å². The van der Waals surface area contributed by atoms with E-state index in [0.717, 1.165) is 64.2 Å². The third-order valence-corrected chi connectivity index (χ3v) is 10.0. The van der Waals surface area contributed by atoms with E-state index in [9.17, 15) is 24.2 Å². The molecular formula is C46H82NO9P. The van der Waals surface area contributed by atoms with Gasteiger partial charge in [0.1, 0.15) is 19.8 Å². The molecule has 3 atom stereocenters. The summed E-state index contributed by atoms with van der Waals surface area (Å²) in [4.78, 5) is 37.5. The smallest absolute Gasteiger partial charge is 0.306 e. The Morgan fingerprint density at radius 1 is 0.632 bits per heavy atom. The standard InChI is InChI=1S/C46H82NO9P/c1-6-8-9-10-11-12-13-14-15-18-21-24-27-30-33-37-45(49)53-41-44(42-55-57(51,52)54-40-39-47(3,4)5)56-46(50)38-34-31-28-25-22-19-16-17-20-23-26-29-32-36-43(48)35-7-2/h14-16,19-20,23,25,28-29,32,43-44,48H,6-13,17-18,21-22,24,26-27,30-31,33-42H2,1-5H3/b15-14-,19-16-,23-20-,28-25-,32-29-/t43?,44-/m1/s1. The van der Waals surface area contributed by atoms with Gasteiger partial charge < -0.3 is 33.0 Å². The molecule has 57 heavy (non-hydrogen) atoms. The lowest BCUT2D eigenvalue weighted by molar-refractivity contribution is -0.870. The van der Waals surface area contributed by atoms with Gasteiger partial charge in [0, 0.05) is 12.8 Å². The Kier molecular flexibility index (Phi) is 36.4. The van der Waals surface area contributed by atoms with Gasteiger partial charge in [-0.2, -0.15) is 0 Å². The van der Waals surface area contributed by atoms with E-state index in [4.69, 9.17) is 18.5 Å². The maximum Gasteiger partial charge on any atom is 0.306 e. The van der Waals surface area contributed by atoms with Crippen molar-refractivity contribution in [2.75, 3.05) is 47.5 Å². The number of carbonyl (C=O) groups is 2. The van der Waals surface area contributed by atoms with Gasteiger partial charge in [-0.15, -0.1) is 0 Å². The van der Waals surface area contributed by atoms with Gasteiger partial charge in [-0.25, -0.2) is 0 Å². The van der Waals surface area contributed by atoms with Crippen LogP contribution in [0, 0.1) is 0 Å². The molecule has 10 nitrogen and oxygen atoms in total. The van der Waals surface area contributed by atoms with Crippen LogP contribution < -0.4 is 4.89 Å². The number of rotatable bonds is 39. The molecule has 0 fully saturated rings. The third kappa shape index (κ3) is 41.6. The van der Waals surface area contributed by atoms with E-state index in [1.54, 1.807) is 0 Å². The fourth-order valence-corrected chi connectivity index (χ4v) is 6.33. The first-order valence-corrected chi connectivity index (χ1v) is 23.5. The molecule has 0 spiro atoms. The molecule has 0 radical (unpaired) electrons. The Morgan fingerprint density at radius 3 is 1.74 bits per heavy atom. The maximum absolute atomic E-state index is 12.6. The molecule has 0 rings (SSSR count). The number of quaternary nitrogens is 1. The van der Waals surface area contributed by atoms with Crippen LogP contribution >= 0.6 is 7.82 Å². The zero-order valence-corrected chi connectivity index (χ0v) is 37.5. The highest BCUT2D eigenvalue weighted by Crippen LogP contribution is 2.38. The molecule has 2 unspecified atom stereocenters. The number of carbonyl (C=O) groups excluding carboxylic acids is 2. The van der Waals surface area contributed by atoms with Crippen molar-refractivity contribution in [1.82, 2.24) is 0 Å². The van der Waals surface area contributed by atoms with Gasteiger partial charge >= 0.3 is 11.9 Å². The molecule has 0 saturated carbocycles. The van der Waals surface area contributed by atoms with Crippen LogP contribution in [-0.4, -0.2) is 81.2 Å². The van der Waals surface area contributed by atoms with Gasteiger partial charge in [-0.05, 0) is 77.0 Å². The van der Waals surface area contributed by atoms with E-state index >= 15 is 0 Å². The number of phosphoric acid groups is 1. The summed E-state index contributed by atoms with van der Waals surface area (Å²) in [5.41, 5.74) is 0. The molecule has 0 heterocycles. The monoisotopic (exact) mass is 824 g/mol. The first kappa shape index (κ1) is 54.7. The largest absolute Gasteiger partial charge is 0.756 e. The lowest BCUT2D eigenvalue weighted by Crippen LogP contribution is -2.37. The number of unbranched alkanes of at least 4 members (excludes halogenated alkanes) is 12. The summed E-state index contributed by atoms with van der Waals surface area (Å²) in [6.07, 6.45) is 41.7. The SMILES string of the molecule is CCCCCCCC/C=C\CCCCCCCC(=O)OC[C@H](COP(=O)([O-])OCC[N+](C)(C)C)OC(=O)CCC/C=C\C/C=C\C/C=C\C/C=C\CC(O)CCC.